The zero-order chi connectivity index (χ0) is 40.7. The molecule has 2 heterocycles. The van der Waals surface area contributed by atoms with Gasteiger partial charge in [-0.15, -0.1) is 0 Å². The van der Waals surface area contributed by atoms with Gasteiger partial charge in [0.2, 0.25) is 21.8 Å². The minimum Gasteiger partial charge on any atom is -0.444 e. The number of ketones is 1. The molecular weight excluding hydrogens is 744 g/mol. The third-order valence-corrected chi connectivity index (χ3v) is 13.0. The smallest absolute Gasteiger partial charge is 0.410 e. The SMILES string of the molecule is CC[C@@H]1C[C@]1(NC(=O)[C@@H]1C[C@@H](OC(=O)N2Cc3ccc(F)cc3C2)CN1C(=O)[C@@H](Nc1cccc(C(=O)CCN(C)C)c1)C(C)(C)C)C(=O)NS(=O)(=O)C1CC1. The molecule has 0 spiro atoms. The van der Waals surface area contributed by atoms with Crippen LogP contribution in [-0.2, 0) is 42.2 Å². The Morgan fingerprint density at radius 2 is 1.75 bits per heavy atom. The molecule has 2 saturated carbocycles. The van der Waals surface area contributed by atoms with Gasteiger partial charge in [-0.25, -0.2) is 17.6 Å². The number of hydrogen-bond donors (Lipinski definition) is 3. The van der Waals surface area contributed by atoms with Crippen molar-refractivity contribution in [2.45, 2.75) is 108 Å². The van der Waals surface area contributed by atoms with E-state index in [4.69, 9.17) is 4.74 Å². The number of halogens is 1. The summed E-state index contributed by atoms with van der Waals surface area (Å²) in [5.41, 5.74) is 0.251. The molecule has 0 unspecified atom stereocenters. The normalized spacial score (nSPS) is 23.7. The molecule has 1 saturated heterocycles. The third kappa shape index (κ3) is 9.01. The topological polar surface area (TPSA) is 175 Å². The van der Waals surface area contributed by atoms with Crippen molar-refractivity contribution in [3.05, 3.63) is 65.0 Å². The molecule has 56 heavy (non-hydrogen) atoms. The van der Waals surface area contributed by atoms with Gasteiger partial charge in [0, 0.05) is 43.7 Å². The predicted octanol–water partition coefficient (Wildman–Crippen LogP) is 3.80. The number of nitrogens with one attached hydrogen (secondary N) is 3. The van der Waals surface area contributed by atoms with Crippen LogP contribution < -0.4 is 15.4 Å². The van der Waals surface area contributed by atoms with Gasteiger partial charge in [0.25, 0.3) is 5.91 Å². The van der Waals surface area contributed by atoms with Gasteiger partial charge in [0.15, 0.2) is 5.78 Å². The Morgan fingerprint density at radius 3 is 2.39 bits per heavy atom. The summed E-state index contributed by atoms with van der Waals surface area (Å²) in [5.74, 6) is -2.73. The van der Waals surface area contributed by atoms with Gasteiger partial charge in [0.1, 0.15) is 29.5 Å². The standard InChI is InChI=1S/C40H53FN6O8S/c1-7-27-20-40(27,37(51)44-56(53,54)31-13-14-31)43-35(49)32-19-30(55-38(52)46-21-25-11-12-28(41)17-26(25)22-46)23-47(32)36(50)34(39(2,3)4)42-29-10-8-9-24(18-29)33(48)15-16-45(5)6/h8-12,17-18,27,30-32,34,42H,7,13-16,19-23H2,1-6H3,(H,43,49)(H,44,51)/t27-,30-,32+,34-,40-/m1/s1. The molecule has 6 rings (SSSR count). The molecule has 2 aromatic rings. The molecule has 2 aromatic carbocycles. The van der Waals surface area contributed by atoms with E-state index >= 15 is 0 Å². The maximum atomic E-state index is 14.7. The van der Waals surface area contributed by atoms with Crippen LogP contribution in [0, 0.1) is 17.2 Å². The number of fused-ring (bicyclic) bond motifs is 1. The van der Waals surface area contributed by atoms with Crippen LogP contribution in [0.2, 0.25) is 0 Å². The highest BCUT2D eigenvalue weighted by Gasteiger charge is 2.62. The molecule has 4 aliphatic rings. The summed E-state index contributed by atoms with van der Waals surface area (Å²) in [7, 11) is -0.124. The van der Waals surface area contributed by atoms with Crippen molar-refractivity contribution in [2.24, 2.45) is 11.3 Å². The van der Waals surface area contributed by atoms with Gasteiger partial charge in [-0.2, -0.15) is 0 Å². The minimum absolute atomic E-state index is 0.0542. The molecule has 304 valence electrons. The van der Waals surface area contributed by atoms with E-state index in [9.17, 15) is 36.8 Å². The van der Waals surface area contributed by atoms with Crippen LogP contribution in [0.1, 0.15) is 87.7 Å². The second-order valence-electron chi connectivity index (χ2n) is 17.0. The molecule has 5 atom stereocenters. The molecule has 14 nitrogen and oxygen atoms in total. The fourth-order valence-corrected chi connectivity index (χ4v) is 8.98. The van der Waals surface area contributed by atoms with E-state index in [1.165, 1.54) is 21.9 Å². The number of ether oxygens (including phenoxy) is 1. The Kier molecular flexibility index (Phi) is 11.6. The Balaban J connectivity index is 1.24. The molecule has 3 fully saturated rings. The van der Waals surface area contributed by atoms with E-state index in [0.717, 1.165) is 5.56 Å². The predicted molar refractivity (Wildman–Crippen MR) is 206 cm³/mol. The first-order chi connectivity index (χ1) is 26.3. The molecule has 4 amide bonds. The minimum atomic E-state index is -3.90. The first-order valence-electron chi connectivity index (χ1n) is 19.3. The summed E-state index contributed by atoms with van der Waals surface area (Å²) in [6.07, 6.45) is 0.274. The molecule has 16 heteroatoms. The number of sulfonamides is 1. The number of amides is 4. The van der Waals surface area contributed by atoms with Crippen molar-refractivity contribution in [2.75, 3.05) is 32.5 Å². The maximum Gasteiger partial charge on any atom is 0.410 e. The fourth-order valence-electron chi connectivity index (χ4n) is 7.61. The quantitative estimate of drug-likeness (QED) is 0.239. The average Bonchev–Trinajstić information content (AvgIpc) is 4.03. The largest absolute Gasteiger partial charge is 0.444 e. The van der Waals surface area contributed by atoms with Gasteiger partial charge < -0.3 is 25.2 Å². The summed E-state index contributed by atoms with van der Waals surface area (Å²) in [6.45, 7) is 8.21. The highest BCUT2D eigenvalue weighted by atomic mass is 32.2. The van der Waals surface area contributed by atoms with Crippen LogP contribution in [0.3, 0.4) is 0 Å². The molecule has 0 radical (unpaired) electrons. The summed E-state index contributed by atoms with van der Waals surface area (Å²) in [6, 6.07) is 9.11. The van der Waals surface area contributed by atoms with Crippen LogP contribution in [0.4, 0.5) is 14.9 Å². The van der Waals surface area contributed by atoms with Crippen molar-refractivity contribution in [3.8, 4) is 0 Å². The second-order valence-corrected chi connectivity index (χ2v) is 18.9. The van der Waals surface area contributed by atoms with E-state index in [2.05, 4.69) is 15.4 Å². The number of nitrogens with zero attached hydrogens (tertiary/aromatic N) is 3. The molecule has 2 aliphatic heterocycles. The number of carbonyl (C=O) groups excluding carboxylic acids is 5. The number of likely N-dealkylation sites (tertiary alicyclic amines) is 1. The first-order valence-corrected chi connectivity index (χ1v) is 20.8. The maximum absolute atomic E-state index is 14.7. The Hall–Kier alpha value is -4.57. The van der Waals surface area contributed by atoms with E-state index in [1.807, 2.05) is 46.7 Å². The Morgan fingerprint density at radius 1 is 1.04 bits per heavy atom. The lowest BCUT2D eigenvalue weighted by Crippen LogP contribution is -2.58. The van der Waals surface area contributed by atoms with Crippen molar-refractivity contribution < 1.29 is 41.5 Å². The van der Waals surface area contributed by atoms with Crippen molar-refractivity contribution in [3.63, 3.8) is 0 Å². The van der Waals surface area contributed by atoms with Crippen molar-refractivity contribution >= 4 is 45.3 Å². The molecule has 2 aliphatic carbocycles. The number of anilines is 1. The number of Topliss-reactive ketones (excluding diaryl/α,β-unsaturated/α-hetero) is 1. The van der Waals surface area contributed by atoms with Gasteiger partial charge >= 0.3 is 6.09 Å². The van der Waals surface area contributed by atoms with E-state index in [-0.39, 0.29) is 44.2 Å². The molecule has 0 bridgehead atoms. The lowest BCUT2D eigenvalue weighted by atomic mass is 9.85. The highest BCUT2D eigenvalue weighted by molar-refractivity contribution is 7.91. The van der Waals surface area contributed by atoms with E-state index in [0.29, 0.717) is 49.0 Å². The van der Waals surface area contributed by atoms with Gasteiger partial charge in [-0.1, -0.05) is 52.3 Å². The third-order valence-electron chi connectivity index (χ3n) is 11.2. The van der Waals surface area contributed by atoms with Crippen molar-refractivity contribution in [1.82, 2.24) is 24.7 Å². The number of rotatable bonds is 14. The number of hydrogen-bond acceptors (Lipinski definition) is 10. The number of benzene rings is 2. The van der Waals surface area contributed by atoms with Crippen LogP contribution in [0.15, 0.2) is 42.5 Å². The average molecular weight is 797 g/mol. The lowest BCUT2D eigenvalue weighted by molar-refractivity contribution is -0.141. The Labute approximate surface area is 327 Å². The molecular formula is C40H53FN6O8S. The summed E-state index contributed by atoms with van der Waals surface area (Å²) in [4.78, 5) is 73.8. The summed E-state index contributed by atoms with van der Waals surface area (Å²) >= 11 is 0. The summed E-state index contributed by atoms with van der Waals surface area (Å²) in [5, 5.41) is 5.50. The van der Waals surface area contributed by atoms with Crippen molar-refractivity contribution in [1.29, 1.82) is 0 Å². The summed E-state index contributed by atoms with van der Waals surface area (Å²) < 4.78 is 47.5. The van der Waals surface area contributed by atoms with Crippen LogP contribution in [0.25, 0.3) is 0 Å². The number of carbonyl (C=O) groups is 5. The highest BCUT2D eigenvalue weighted by Crippen LogP contribution is 2.47. The van der Waals surface area contributed by atoms with E-state index < -0.39 is 74.0 Å². The monoisotopic (exact) mass is 796 g/mol. The molecule has 0 aromatic heterocycles. The zero-order valence-electron chi connectivity index (χ0n) is 32.9. The Bertz CT molecular complexity index is 2000. The van der Waals surface area contributed by atoms with Crippen LogP contribution in [0.5, 0.6) is 0 Å². The van der Waals surface area contributed by atoms with E-state index in [1.54, 1.807) is 30.3 Å². The molecule has 3 N–H and O–H groups in total. The zero-order valence-corrected chi connectivity index (χ0v) is 33.7. The fraction of sp³-hybridized carbons (Fsp3) is 0.575. The first kappa shape index (κ1) is 41.1. The van der Waals surface area contributed by atoms with Crippen LogP contribution >= 0.6 is 0 Å². The van der Waals surface area contributed by atoms with Gasteiger partial charge in [-0.3, -0.25) is 28.8 Å². The van der Waals surface area contributed by atoms with Crippen LogP contribution in [-0.4, -0.2) is 109 Å². The van der Waals surface area contributed by atoms with Gasteiger partial charge in [-0.05, 0) is 80.1 Å². The lowest BCUT2D eigenvalue weighted by Gasteiger charge is -2.36. The second kappa shape index (κ2) is 15.8. The van der Waals surface area contributed by atoms with Gasteiger partial charge in [0.05, 0.1) is 11.8 Å².